The first kappa shape index (κ1) is 15.9. The van der Waals surface area contributed by atoms with Gasteiger partial charge >= 0.3 is 10.1 Å². The van der Waals surface area contributed by atoms with Gasteiger partial charge in [0.25, 0.3) is 0 Å². The SMILES string of the molecule is C/C=C/c1ccc(OS(=O)(=O)c2ccc(Cl)s2)c(OC)c1. The lowest BCUT2D eigenvalue weighted by Gasteiger charge is -2.10. The highest BCUT2D eigenvalue weighted by Gasteiger charge is 2.21. The number of hydrogen-bond donors (Lipinski definition) is 0. The maximum Gasteiger partial charge on any atom is 0.348 e. The molecular weight excluding hydrogens is 332 g/mol. The summed E-state index contributed by atoms with van der Waals surface area (Å²) in [7, 11) is -2.46. The molecule has 0 aliphatic heterocycles. The van der Waals surface area contributed by atoms with Crippen LogP contribution in [0.4, 0.5) is 0 Å². The first-order valence-electron chi connectivity index (χ1n) is 5.97. The highest BCUT2D eigenvalue weighted by molar-refractivity contribution is 7.89. The maximum absolute atomic E-state index is 12.2. The Morgan fingerprint density at radius 2 is 1.95 bits per heavy atom. The Labute approximate surface area is 132 Å². The van der Waals surface area contributed by atoms with Crippen LogP contribution in [-0.2, 0) is 10.1 Å². The molecule has 0 spiro atoms. The standard InChI is InChI=1S/C14H13ClO4S2/c1-3-4-10-5-6-11(12(9-10)18-2)19-21(16,17)14-8-7-13(15)20-14/h3-9H,1-2H3/b4-3+. The Morgan fingerprint density at radius 3 is 2.52 bits per heavy atom. The molecule has 2 aromatic rings. The van der Waals surface area contributed by atoms with Gasteiger partial charge in [-0.15, -0.1) is 11.3 Å². The zero-order chi connectivity index (χ0) is 15.5. The molecule has 4 nitrogen and oxygen atoms in total. The van der Waals surface area contributed by atoms with Crippen molar-refractivity contribution in [2.24, 2.45) is 0 Å². The van der Waals surface area contributed by atoms with E-state index in [0.717, 1.165) is 16.9 Å². The second-order valence-electron chi connectivity index (χ2n) is 4.01. The Balaban J connectivity index is 2.35. The zero-order valence-electron chi connectivity index (χ0n) is 11.4. The molecule has 21 heavy (non-hydrogen) atoms. The first-order valence-corrected chi connectivity index (χ1v) is 8.57. The van der Waals surface area contributed by atoms with Crippen molar-refractivity contribution < 1.29 is 17.3 Å². The molecular formula is C14H13ClO4S2. The lowest BCUT2D eigenvalue weighted by molar-refractivity contribution is 0.391. The largest absolute Gasteiger partial charge is 0.493 e. The van der Waals surface area contributed by atoms with Crippen LogP contribution < -0.4 is 8.92 Å². The van der Waals surface area contributed by atoms with Gasteiger partial charge in [0.1, 0.15) is 0 Å². The van der Waals surface area contributed by atoms with Gasteiger partial charge in [-0.2, -0.15) is 8.42 Å². The van der Waals surface area contributed by atoms with Crippen molar-refractivity contribution in [3.05, 3.63) is 46.3 Å². The van der Waals surface area contributed by atoms with Gasteiger partial charge in [0, 0.05) is 0 Å². The summed E-state index contributed by atoms with van der Waals surface area (Å²) in [6, 6.07) is 7.92. The molecule has 7 heteroatoms. The summed E-state index contributed by atoms with van der Waals surface area (Å²) in [5, 5.41) is 0. The summed E-state index contributed by atoms with van der Waals surface area (Å²) in [5.74, 6) is 0.479. The molecule has 0 amide bonds. The number of halogens is 1. The lowest BCUT2D eigenvalue weighted by Crippen LogP contribution is -2.08. The normalized spacial score (nSPS) is 11.8. The molecule has 1 heterocycles. The smallest absolute Gasteiger partial charge is 0.348 e. The molecule has 1 aromatic carbocycles. The van der Waals surface area contributed by atoms with E-state index >= 15 is 0 Å². The topological polar surface area (TPSA) is 52.6 Å². The summed E-state index contributed by atoms with van der Waals surface area (Å²) < 4.78 is 35.0. The number of methoxy groups -OCH3 is 1. The molecule has 0 radical (unpaired) electrons. The highest BCUT2D eigenvalue weighted by atomic mass is 35.5. The van der Waals surface area contributed by atoms with E-state index in [2.05, 4.69) is 0 Å². The van der Waals surface area contributed by atoms with Crippen molar-refractivity contribution in [2.45, 2.75) is 11.1 Å². The molecule has 0 saturated heterocycles. The summed E-state index contributed by atoms with van der Waals surface area (Å²) in [5.41, 5.74) is 0.887. The molecule has 0 unspecified atom stereocenters. The van der Waals surface area contributed by atoms with Crippen molar-refractivity contribution in [1.82, 2.24) is 0 Å². The lowest BCUT2D eigenvalue weighted by atomic mass is 10.2. The van der Waals surface area contributed by atoms with Crippen molar-refractivity contribution in [2.75, 3.05) is 7.11 Å². The van der Waals surface area contributed by atoms with Crippen molar-refractivity contribution in [3.63, 3.8) is 0 Å². The van der Waals surface area contributed by atoms with Crippen LogP contribution in [0.5, 0.6) is 11.5 Å². The number of allylic oxidation sites excluding steroid dienone is 1. The van der Waals surface area contributed by atoms with E-state index in [-0.39, 0.29) is 9.96 Å². The molecule has 0 bridgehead atoms. The van der Waals surface area contributed by atoms with Crippen molar-refractivity contribution in [1.29, 1.82) is 0 Å². The predicted molar refractivity (Wildman–Crippen MR) is 84.8 cm³/mol. The molecule has 0 fully saturated rings. The number of hydrogen-bond acceptors (Lipinski definition) is 5. The summed E-state index contributed by atoms with van der Waals surface area (Å²) in [6.45, 7) is 1.89. The summed E-state index contributed by atoms with van der Waals surface area (Å²) >= 11 is 6.69. The fourth-order valence-electron chi connectivity index (χ4n) is 1.64. The van der Waals surface area contributed by atoms with Crippen LogP contribution in [0.1, 0.15) is 12.5 Å². The Hall–Kier alpha value is -1.50. The van der Waals surface area contributed by atoms with Crippen LogP contribution in [0.25, 0.3) is 6.08 Å². The molecule has 112 valence electrons. The predicted octanol–water partition coefficient (Wildman–Crippen LogP) is 4.21. The van der Waals surface area contributed by atoms with Gasteiger partial charge in [-0.3, -0.25) is 0 Å². The fraction of sp³-hybridized carbons (Fsp3) is 0.143. The molecule has 0 aliphatic carbocycles. The fourth-order valence-corrected chi connectivity index (χ4v) is 4.02. The van der Waals surface area contributed by atoms with Gasteiger partial charge in [-0.05, 0) is 36.8 Å². The number of thiophene rings is 1. The van der Waals surface area contributed by atoms with Gasteiger partial charge in [-0.1, -0.05) is 29.8 Å². The minimum absolute atomic E-state index is 0.0482. The highest BCUT2D eigenvalue weighted by Crippen LogP contribution is 2.33. The van der Waals surface area contributed by atoms with E-state index in [0.29, 0.717) is 10.1 Å². The van der Waals surface area contributed by atoms with Gasteiger partial charge in [0.2, 0.25) is 0 Å². The van der Waals surface area contributed by atoms with Gasteiger partial charge < -0.3 is 8.92 Å². The first-order chi connectivity index (χ1) is 9.96. The number of ether oxygens (including phenoxy) is 1. The average Bonchev–Trinajstić information content (AvgIpc) is 2.88. The number of benzene rings is 1. The second-order valence-corrected chi connectivity index (χ2v) is 7.49. The molecule has 1 aromatic heterocycles. The van der Waals surface area contributed by atoms with E-state index in [9.17, 15) is 8.42 Å². The third kappa shape index (κ3) is 3.78. The van der Waals surface area contributed by atoms with Crippen LogP contribution in [-0.4, -0.2) is 15.5 Å². The average molecular weight is 345 g/mol. The van der Waals surface area contributed by atoms with Gasteiger partial charge in [0.05, 0.1) is 11.4 Å². The molecule has 0 atom stereocenters. The summed E-state index contributed by atoms with van der Waals surface area (Å²) in [6.07, 6.45) is 3.75. The molecule has 0 aliphatic rings. The monoisotopic (exact) mass is 344 g/mol. The number of rotatable bonds is 5. The molecule has 0 N–H and O–H groups in total. The Morgan fingerprint density at radius 1 is 1.19 bits per heavy atom. The minimum atomic E-state index is -3.91. The molecule has 2 rings (SSSR count). The molecule has 0 saturated carbocycles. The van der Waals surface area contributed by atoms with E-state index < -0.39 is 10.1 Å². The van der Waals surface area contributed by atoms with Crippen LogP contribution in [0, 0.1) is 0 Å². The quantitative estimate of drug-likeness (QED) is 0.762. The Kier molecular flexibility index (Phi) is 4.92. The van der Waals surface area contributed by atoms with E-state index in [1.807, 2.05) is 19.1 Å². The van der Waals surface area contributed by atoms with Crippen LogP contribution >= 0.6 is 22.9 Å². The van der Waals surface area contributed by atoms with Crippen LogP contribution in [0.15, 0.2) is 40.6 Å². The summed E-state index contributed by atoms with van der Waals surface area (Å²) in [4.78, 5) is 0. The Bertz CT molecular complexity index is 763. The van der Waals surface area contributed by atoms with Crippen molar-refractivity contribution >= 4 is 39.1 Å². The van der Waals surface area contributed by atoms with Gasteiger partial charge in [-0.25, -0.2) is 0 Å². The third-order valence-corrected chi connectivity index (χ3v) is 5.46. The van der Waals surface area contributed by atoms with E-state index in [1.54, 1.807) is 18.2 Å². The maximum atomic E-state index is 12.2. The van der Waals surface area contributed by atoms with E-state index in [4.69, 9.17) is 20.5 Å². The van der Waals surface area contributed by atoms with Gasteiger partial charge in [0.15, 0.2) is 15.7 Å². The second kappa shape index (κ2) is 6.51. The third-order valence-electron chi connectivity index (χ3n) is 2.54. The zero-order valence-corrected chi connectivity index (χ0v) is 13.8. The van der Waals surface area contributed by atoms with E-state index in [1.165, 1.54) is 19.2 Å². The van der Waals surface area contributed by atoms with Crippen molar-refractivity contribution in [3.8, 4) is 11.5 Å². The minimum Gasteiger partial charge on any atom is -0.493 e. The van der Waals surface area contributed by atoms with Crippen LogP contribution in [0.2, 0.25) is 4.34 Å². The van der Waals surface area contributed by atoms with Crippen LogP contribution in [0.3, 0.4) is 0 Å².